The Bertz CT molecular complexity index is 717. The van der Waals surface area contributed by atoms with Crippen LogP contribution in [0.5, 0.6) is 0 Å². The average Bonchev–Trinajstić information content (AvgIpc) is 3.00. The molecular formula is C36H73NO7S. The number of carbonyl (C=O) groups is 2. The van der Waals surface area contributed by atoms with Crippen molar-refractivity contribution in [1.29, 1.82) is 0 Å². The van der Waals surface area contributed by atoms with E-state index in [2.05, 4.69) is 23.3 Å². The van der Waals surface area contributed by atoms with E-state index in [4.69, 9.17) is 4.55 Å². The minimum absolute atomic E-state index is 0.0429. The maximum absolute atomic E-state index is 12.8. The molecule has 0 radical (unpaired) electrons. The number of nitrogens with one attached hydrogen (secondary N) is 1. The zero-order valence-electron chi connectivity index (χ0n) is 29.8. The predicted molar refractivity (Wildman–Crippen MR) is 188 cm³/mol. The van der Waals surface area contributed by atoms with Gasteiger partial charge in [-0.05, 0) is 19.8 Å². The van der Waals surface area contributed by atoms with E-state index in [1.165, 1.54) is 141 Å². The van der Waals surface area contributed by atoms with Crippen molar-refractivity contribution in [3.05, 3.63) is 0 Å². The summed E-state index contributed by atoms with van der Waals surface area (Å²) in [4.78, 5) is 25.5. The van der Waals surface area contributed by atoms with Crippen molar-refractivity contribution in [2.24, 2.45) is 0 Å². The van der Waals surface area contributed by atoms with E-state index in [0.29, 0.717) is 12.8 Å². The number of rotatable bonds is 33. The first kappa shape index (κ1) is 46.2. The number of aliphatic hydroxyl groups excluding tert-OH is 1. The molecule has 0 aliphatic heterocycles. The number of unbranched alkanes of at least 4 members (excludes halogenated alkanes) is 24. The Morgan fingerprint density at radius 3 is 0.978 bits per heavy atom. The summed E-state index contributed by atoms with van der Waals surface area (Å²) in [6, 6.07) is -0.834. The molecule has 0 aromatic carbocycles. The van der Waals surface area contributed by atoms with Crippen LogP contribution in [0.2, 0.25) is 0 Å². The van der Waals surface area contributed by atoms with E-state index in [0.717, 1.165) is 32.8 Å². The minimum atomic E-state index is -4.16. The van der Waals surface area contributed by atoms with Crippen molar-refractivity contribution in [3.63, 3.8) is 0 Å². The first-order valence-electron chi connectivity index (χ1n) is 18.6. The predicted octanol–water partition coefficient (Wildman–Crippen LogP) is 9.82. The van der Waals surface area contributed by atoms with Gasteiger partial charge in [-0.15, -0.1) is 0 Å². The molecule has 3 N–H and O–H groups in total. The molecule has 0 heterocycles. The molecule has 1 atom stereocenters. The van der Waals surface area contributed by atoms with E-state index < -0.39 is 22.7 Å². The standard InChI is InChI=1S/C35H69NO3.CH4O4S/c1-4-6-8-10-12-14-16-18-20-22-24-26-28-30-33(38)35(36-32(3)37)34(39)31-29-27-25-23-21-19-17-15-13-11-9-7-5-2;1-5-6(2,3)4/h32,35-37H,4-31H2,1-3H3;1H3,(H,2,3,4). The van der Waals surface area contributed by atoms with Crippen molar-refractivity contribution < 1.29 is 31.8 Å². The van der Waals surface area contributed by atoms with Crippen LogP contribution in [0, 0.1) is 0 Å². The molecule has 0 spiro atoms. The number of aliphatic hydroxyl groups is 1. The number of hydrogen-bond donors (Lipinski definition) is 3. The molecule has 0 rings (SSSR count). The van der Waals surface area contributed by atoms with Gasteiger partial charge in [-0.25, -0.2) is 0 Å². The highest BCUT2D eigenvalue weighted by Gasteiger charge is 2.26. The highest BCUT2D eigenvalue weighted by molar-refractivity contribution is 7.80. The molecule has 0 amide bonds. The lowest BCUT2D eigenvalue weighted by Gasteiger charge is -2.18. The molecule has 0 aromatic heterocycles. The number of Topliss-reactive ketones (excluding diaryl/α,β-unsaturated/α-hetero) is 2. The second-order valence-corrected chi connectivity index (χ2v) is 14.0. The molecule has 270 valence electrons. The molecule has 0 saturated heterocycles. The van der Waals surface area contributed by atoms with Gasteiger partial charge in [0.15, 0.2) is 11.6 Å². The van der Waals surface area contributed by atoms with E-state index in [1.807, 2.05) is 0 Å². The van der Waals surface area contributed by atoms with Gasteiger partial charge in [-0.1, -0.05) is 168 Å². The van der Waals surface area contributed by atoms with Crippen LogP contribution in [-0.4, -0.2) is 49.0 Å². The average molecular weight is 664 g/mol. The summed E-state index contributed by atoms with van der Waals surface area (Å²) in [6.07, 6.45) is 33.2. The highest BCUT2D eigenvalue weighted by Crippen LogP contribution is 2.15. The summed E-state index contributed by atoms with van der Waals surface area (Å²) in [7, 11) is -3.29. The zero-order chi connectivity index (χ0) is 34.0. The van der Waals surface area contributed by atoms with Crippen molar-refractivity contribution in [1.82, 2.24) is 5.32 Å². The first-order chi connectivity index (χ1) is 21.6. The number of carbonyl (C=O) groups excluding carboxylic acids is 2. The van der Waals surface area contributed by atoms with Crippen LogP contribution in [0.4, 0.5) is 0 Å². The Morgan fingerprint density at radius 1 is 0.556 bits per heavy atom. The topological polar surface area (TPSA) is 130 Å². The van der Waals surface area contributed by atoms with Crippen molar-refractivity contribution >= 4 is 22.0 Å². The summed E-state index contributed by atoms with van der Waals surface area (Å²) < 4.78 is 29.7. The third-order valence-electron chi connectivity index (χ3n) is 8.32. The molecule has 0 fully saturated rings. The fourth-order valence-electron chi connectivity index (χ4n) is 5.53. The molecule has 0 bridgehead atoms. The van der Waals surface area contributed by atoms with Crippen LogP contribution in [-0.2, 0) is 24.2 Å². The Hall–Kier alpha value is -0.870. The lowest BCUT2D eigenvalue weighted by atomic mass is 9.97. The fraction of sp³-hybridized carbons (Fsp3) is 0.944. The van der Waals surface area contributed by atoms with Gasteiger partial charge in [-0.3, -0.25) is 23.6 Å². The van der Waals surface area contributed by atoms with Crippen LogP contribution in [0.1, 0.15) is 201 Å². The summed E-state index contributed by atoms with van der Waals surface area (Å²) in [5, 5.41) is 12.6. The second kappa shape index (κ2) is 34.5. The van der Waals surface area contributed by atoms with Gasteiger partial charge in [0.1, 0.15) is 12.3 Å². The SMILES string of the molecule is CCCCCCCCCCCCCCCC(=O)C(NC(C)O)C(=O)CCCCCCCCCCCCCCC.COS(=O)(=O)O. The molecule has 8 nitrogen and oxygen atoms in total. The number of hydrogen-bond acceptors (Lipinski definition) is 7. The minimum Gasteiger partial charge on any atom is -0.379 e. The van der Waals surface area contributed by atoms with E-state index >= 15 is 0 Å². The first-order valence-corrected chi connectivity index (χ1v) is 20.0. The molecule has 0 aromatic rings. The Balaban J connectivity index is 0. The molecule has 45 heavy (non-hydrogen) atoms. The van der Waals surface area contributed by atoms with Crippen molar-refractivity contribution in [3.8, 4) is 0 Å². The Morgan fingerprint density at radius 2 is 0.778 bits per heavy atom. The lowest BCUT2D eigenvalue weighted by Crippen LogP contribution is -2.47. The van der Waals surface area contributed by atoms with Gasteiger partial charge >= 0.3 is 10.4 Å². The molecule has 9 heteroatoms. The molecule has 0 aliphatic carbocycles. The van der Waals surface area contributed by atoms with Crippen molar-refractivity contribution in [2.75, 3.05) is 7.11 Å². The highest BCUT2D eigenvalue weighted by atomic mass is 32.3. The molecular weight excluding hydrogens is 590 g/mol. The van der Waals surface area contributed by atoms with Gasteiger partial charge in [0, 0.05) is 12.8 Å². The van der Waals surface area contributed by atoms with Gasteiger partial charge < -0.3 is 5.11 Å². The van der Waals surface area contributed by atoms with Gasteiger partial charge in [0.05, 0.1) is 7.11 Å². The Kier molecular flexibility index (Phi) is 35.4. The van der Waals surface area contributed by atoms with E-state index in [-0.39, 0.29) is 11.6 Å². The lowest BCUT2D eigenvalue weighted by molar-refractivity contribution is -0.131. The summed E-state index contributed by atoms with van der Waals surface area (Å²) in [5.41, 5.74) is 0. The largest absolute Gasteiger partial charge is 0.397 e. The molecule has 0 aliphatic rings. The van der Waals surface area contributed by atoms with Crippen LogP contribution in [0.3, 0.4) is 0 Å². The quantitative estimate of drug-likeness (QED) is 0.0274. The fourth-order valence-corrected chi connectivity index (χ4v) is 5.53. The van der Waals surface area contributed by atoms with Crippen LogP contribution < -0.4 is 5.32 Å². The van der Waals surface area contributed by atoms with Crippen LogP contribution >= 0.6 is 0 Å². The van der Waals surface area contributed by atoms with Crippen molar-refractivity contribution in [2.45, 2.75) is 213 Å². The smallest absolute Gasteiger partial charge is 0.379 e. The zero-order valence-corrected chi connectivity index (χ0v) is 30.6. The maximum Gasteiger partial charge on any atom is 0.397 e. The Labute approximate surface area is 278 Å². The maximum atomic E-state index is 12.8. The van der Waals surface area contributed by atoms with E-state index in [1.54, 1.807) is 6.92 Å². The molecule has 0 saturated carbocycles. The van der Waals surface area contributed by atoms with Crippen LogP contribution in [0.15, 0.2) is 0 Å². The van der Waals surface area contributed by atoms with Gasteiger partial charge in [0.25, 0.3) is 0 Å². The van der Waals surface area contributed by atoms with Gasteiger partial charge in [0.2, 0.25) is 0 Å². The third kappa shape index (κ3) is 37.5. The molecule has 1 unspecified atom stereocenters. The second-order valence-electron chi connectivity index (χ2n) is 12.8. The monoisotopic (exact) mass is 664 g/mol. The third-order valence-corrected chi connectivity index (χ3v) is 8.74. The number of ketones is 2. The normalized spacial score (nSPS) is 12.2. The van der Waals surface area contributed by atoms with Gasteiger partial charge in [-0.2, -0.15) is 8.42 Å². The van der Waals surface area contributed by atoms with Crippen LogP contribution in [0.25, 0.3) is 0 Å². The van der Waals surface area contributed by atoms with E-state index in [9.17, 15) is 23.1 Å². The summed E-state index contributed by atoms with van der Waals surface area (Å²) >= 11 is 0. The summed E-state index contributed by atoms with van der Waals surface area (Å²) in [6.45, 7) is 6.12. The summed E-state index contributed by atoms with van der Waals surface area (Å²) in [5.74, 6) is -0.0858.